The van der Waals surface area contributed by atoms with Gasteiger partial charge in [0.2, 0.25) is 0 Å². The van der Waals surface area contributed by atoms with E-state index in [1.54, 1.807) is 0 Å². The number of hydrogen-bond acceptors (Lipinski definition) is 1. The van der Waals surface area contributed by atoms with Crippen molar-refractivity contribution in [2.24, 2.45) is 0 Å². The van der Waals surface area contributed by atoms with E-state index >= 15 is 0 Å². The van der Waals surface area contributed by atoms with Crippen LogP contribution in [0.5, 0.6) is 0 Å². The summed E-state index contributed by atoms with van der Waals surface area (Å²) in [7, 11) is 0. The molecule has 3 nitrogen and oxygen atoms in total. The molecule has 0 aliphatic heterocycles. The van der Waals surface area contributed by atoms with Gasteiger partial charge < -0.3 is 10.3 Å². The summed E-state index contributed by atoms with van der Waals surface area (Å²) in [4.78, 5) is 16.0. The minimum atomic E-state index is -0.0203. The molecule has 1 amide bonds. The van der Waals surface area contributed by atoms with Crippen molar-refractivity contribution in [3.63, 3.8) is 0 Å². The van der Waals surface area contributed by atoms with E-state index in [4.69, 9.17) is 0 Å². The number of carbonyl (C=O) groups is 1. The van der Waals surface area contributed by atoms with E-state index in [9.17, 15) is 4.79 Å². The molecule has 0 spiro atoms. The van der Waals surface area contributed by atoms with Crippen molar-refractivity contribution in [2.75, 3.05) is 0 Å². The standard InChI is InChI=1S/C19H17BrN2O/c1-11-6-7-17-14(8-11)15-9-12(10-18(15)22-17)21-19(23)13-4-2-3-5-16(13)20/h2-8,12,22H,9-10H2,1H3,(H,21,23). The number of carbonyl (C=O) groups excluding carboxylic acids is 1. The first-order valence-electron chi connectivity index (χ1n) is 7.77. The van der Waals surface area contributed by atoms with Crippen molar-refractivity contribution >= 4 is 32.7 Å². The Kier molecular flexibility index (Phi) is 3.49. The van der Waals surface area contributed by atoms with Gasteiger partial charge in [-0.05, 0) is 59.1 Å². The van der Waals surface area contributed by atoms with E-state index < -0.39 is 0 Å². The quantitative estimate of drug-likeness (QED) is 0.701. The second kappa shape index (κ2) is 5.53. The van der Waals surface area contributed by atoms with Gasteiger partial charge >= 0.3 is 0 Å². The summed E-state index contributed by atoms with van der Waals surface area (Å²) >= 11 is 3.44. The van der Waals surface area contributed by atoms with Crippen LogP contribution in [0.25, 0.3) is 10.9 Å². The summed E-state index contributed by atoms with van der Waals surface area (Å²) in [5.74, 6) is -0.0203. The Balaban J connectivity index is 1.56. The lowest BCUT2D eigenvalue weighted by molar-refractivity contribution is 0.0938. The third-order valence-corrected chi connectivity index (χ3v) is 5.20. The summed E-state index contributed by atoms with van der Waals surface area (Å²) in [6.45, 7) is 2.11. The van der Waals surface area contributed by atoms with Crippen LogP contribution < -0.4 is 5.32 Å². The van der Waals surface area contributed by atoms with Crippen LogP contribution in [0.1, 0.15) is 27.2 Å². The largest absolute Gasteiger partial charge is 0.358 e. The van der Waals surface area contributed by atoms with Crippen molar-refractivity contribution in [1.29, 1.82) is 0 Å². The van der Waals surface area contributed by atoms with E-state index in [1.165, 1.54) is 27.7 Å². The molecule has 2 N–H and O–H groups in total. The Labute approximate surface area is 143 Å². The number of aryl methyl sites for hydroxylation is 1. The van der Waals surface area contributed by atoms with Gasteiger partial charge in [-0.3, -0.25) is 4.79 Å². The van der Waals surface area contributed by atoms with Crippen LogP contribution in [-0.2, 0) is 12.8 Å². The first kappa shape index (κ1) is 14.5. The molecule has 4 heteroatoms. The molecule has 1 aromatic heterocycles. The number of fused-ring (bicyclic) bond motifs is 3. The van der Waals surface area contributed by atoms with Crippen LogP contribution in [0.2, 0.25) is 0 Å². The molecule has 0 saturated carbocycles. The number of rotatable bonds is 2. The zero-order chi connectivity index (χ0) is 16.0. The van der Waals surface area contributed by atoms with Crippen molar-refractivity contribution in [2.45, 2.75) is 25.8 Å². The molecule has 0 saturated heterocycles. The number of H-pyrrole nitrogens is 1. The average molecular weight is 369 g/mol. The van der Waals surface area contributed by atoms with E-state index in [2.05, 4.69) is 51.4 Å². The van der Waals surface area contributed by atoms with Crippen LogP contribution >= 0.6 is 15.9 Å². The highest BCUT2D eigenvalue weighted by atomic mass is 79.9. The monoisotopic (exact) mass is 368 g/mol. The molecule has 1 unspecified atom stereocenters. The molecule has 0 fully saturated rings. The maximum Gasteiger partial charge on any atom is 0.252 e. The summed E-state index contributed by atoms with van der Waals surface area (Å²) in [5.41, 5.74) is 5.74. The smallest absolute Gasteiger partial charge is 0.252 e. The van der Waals surface area contributed by atoms with Crippen LogP contribution in [0, 0.1) is 6.92 Å². The van der Waals surface area contributed by atoms with Crippen molar-refractivity contribution in [3.8, 4) is 0 Å². The van der Waals surface area contributed by atoms with Crippen LogP contribution in [0.3, 0.4) is 0 Å². The fourth-order valence-corrected chi connectivity index (χ4v) is 3.87. The van der Waals surface area contributed by atoms with Crippen molar-refractivity contribution < 1.29 is 4.79 Å². The summed E-state index contributed by atoms with van der Waals surface area (Å²) in [6, 6.07) is 14.2. The lowest BCUT2D eigenvalue weighted by atomic mass is 10.1. The number of nitrogens with one attached hydrogen (secondary N) is 2. The number of aromatic amines is 1. The summed E-state index contributed by atoms with van der Waals surface area (Å²) in [5, 5.41) is 4.45. The number of halogens is 1. The van der Waals surface area contributed by atoms with Crippen molar-refractivity contribution in [3.05, 3.63) is 69.3 Å². The molecular formula is C19H17BrN2O. The van der Waals surface area contributed by atoms with Gasteiger partial charge in [0.1, 0.15) is 0 Å². The normalized spacial score (nSPS) is 16.5. The molecule has 2 aromatic carbocycles. The first-order valence-corrected chi connectivity index (χ1v) is 8.56. The topological polar surface area (TPSA) is 44.9 Å². The molecular weight excluding hydrogens is 352 g/mol. The molecule has 1 aliphatic carbocycles. The predicted molar refractivity (Wildman–Crippen MR) is 95.8 cm³/mol. The van der Waals surface area contributed by atoms with Crippen molar-refractivity contribution in [1.82, 2.24) is 10.3 Å². The second-order valence-corrected chi connectivity index (χ2v) is 7.04. The molecule has 0 bridgehead atoms. The third kappa shape index (κ3) is 2.57. The Bertz CT molecular complexity index is 913. The van der Waals surface area contributed by atoms with Crippen LogP contribution in [0.15, 0.2) is 46.9 Å². The third-order valence-electron chi connectivity index (χ3n) is 4.50. The highest BCUT2D eigenvalue weighted by molar-refractivity contribution is 9.10. The van der Waals surface area contributed by atoms with Gasteiger partial charge in [-0.1, -0.05) is 23.8 Å². The summed E-state index contributed by atoms with van der Waals surface area (Å²) < 4.78 is 0.829. The predicted octanol–water partition coefficient (Wildman–Crippen LogP) is 4.14. The molecule has 4 rings (SSSR count). The van der Waals surface area contributed by atoms with Gasteiger partial charge in [0.15, 0.2) is 0 Å². The SMILES string of the molecule is Cc1ccc2[nH]c3c(c2c1)CC(NC(=O)c1ccccc1Br)C3. The fourth-order valence-electron chi connectivity index (χ4n) is 3.40. The van der Waals surface area contributed by atoms with Gasteiger partial charge in [0.05, 0.1) is 5.56 Å². The Morgan fingerprint density at radius 2 is 2.04 bits per heavy atom. The molecule has 0 radical (unpaired) electrons. The zero-order valence-corrected chi connectivity index (χ0v) is 14.4. The van der Waals surface area contributed by atoms with Gasteiger partial charge in [0, 0.05) is 33.5 Å². The first-order chi connectivity index (χ1) is 11.1. The number of benzene rings is 2. The van der Waals surface area contributed by atoms with Gasteiger partial charge in [0.25, 0.3) is 5.91 Å². The Morgan fingerprint density at radius 1 is 1.22 bits per heavy atom. The van der Waals surface area contributed by atoms with E-state index in [1.807, 2.05) is 24.3 Å². The zero-order valence-electron chi connectivity index (χ0n) is 12.8. The number of hydrogen-bond donors (Lipinski definition) is 2. The molecule has 1 aliphatic rings. The molecule has 1 heterocycles. The fraction of sp³-hybridized carbons (Fsp3) is 0.211. The maximum absolute atomic E-state index is 12.5. The number of amides is 1. The minimum Gasteiger partial charge on any atom is -0.358 e. The van der Waals surface area contributed by atoms with E-state index in [0.717, 1.165) is 17.3 Å². The van der Waals surface area contributed by atoms with E-state index in [-0.39, 0.29) is 11.9 Å². The molecule has 1 atom stereocenters. The maximum atomic E-state index is 12.5. The summed E-state index contributed by atoms with van der Waals surface area (Å²) in [6.07, 6.45) is 1.74. The average Bonchev–Trinajstić information content (AvgIpc) is 3.05. The van der Waals surface area contributed by atoms with Crippen LogP contribution in [0.4, 0.5) is 0 Å². The highest BCUT2D eigenvalue weighted by Gasteiger charge is 2.27. The number of aromatic nitrogens is 1. The minimum absolute atomic E-state index is 0.0203. The van der Waals surface area contributed by atoms with Gasteiger partial charge in [-0.15, -0.1) is 0 Å². The molecule has 116 valence electrons. The van der Waals surface area contributed by atoms with Crippen LogP contribution in [-0.4, -0.2) is 16.9 Å². The van der Waals surface area contributed by atoms with E-state index in [0.29, 0.717) is 5.56 Å². The lowest BCUT2D eigenvalue weighted by Crippen LogP contribution is -2.35. The van der Waals surface area contributed by atoms with Gasteiger partial charge in [-0.25, -0.2) is 0 Å². The Hall–Kier alpha value is -2.07. The lowest BCUT2D eigenvalue weighted by Gasteiger charge is -2.13. The molecule has 3 aromatic rings. The molecule has 23 heavy (non-hydrogen) atoms. The Morgan fingerprint density at radius 3 is 2.87 bits per heavy atom. The van der Waals surface area contributed by atoms with Gasteiger partial charge in [-0.2, -0.15) is 0 Å². The second-order valence-electron chi connectivity index (χ2n) is 6.19. The highest BCUT2D eigenvalue weighted by Crippen LogP contribution is 2.31.